The molecule has 0 saturated heterocycles. The van der Waals surface area contributed by atoms with Crippen LogP contribution in [0.2, 0.25) is 0 Å². The third-order valence-corrected chi connectivity index (χ3v) is 4.61. The van der Waals surface area contributed by atoms with Crippen LogP contribution in [0.15, 0.2) is 11.0 Å². The minimum Gasteiger partial charge on any atom is -0.488 e. The van der Waals surface area contributed by atoms with Crippen molar-refractivity contribution in [3.63, 3.8) is 0 Å². The molecule has 8 heteroatoms. The predicted octanol–water partition coefficient (Wildman–Crippen LogP) is 1.73. The molecule has 1 aromatic heterocycles. The second-order valence-corrected chi connectivity index (χ2v) is 6.19. The molecule has 0 unspecified atom stereocenters. The van der Waals surface area contributed by atoms with Gasteiger partial charge in [0.25, 0.3) is 0 Å². The first-order valence-electron chi connectivity index (χ1n) is 7.04. The Labute approximate surface area is 128 Å². The lowest BCUT2D eigenvalue weighted by Crippen LogP contribution is -2.22. The maximum absolute atomic E-state index is 14.2. The lowest BCUT2D eigenvalue weighted by Gasteiger charge is -2.15. The van der Waals surface area contributed by atoms with Crippen LogP contribution in [0, 0.1) is 17.0 Å². The molecule has 0 amide bonds. The maximum Gasteiger partial charge on any atom is 0.341 e. The highest BCUT2D eigenvalue weighted by atomic mass is 19.2. The van der Waals surface area contributed by atoms with Crippen molar-refractivity contribution in [2.45, 2.75) is 19.4 Å². The Morgan fingerprint density at radius 3 is 2.65 bits per heavy atom. The summed E-state index contributed by atoms with van der Waals surface area (Å²) in [5.41, 5.74) is 3.16. The number of ether oxygens (including phenoxy) is 1. The van der Waals surface area contributed by atoms with Gasteiger partial charge in [-0.3, -0.25) is 4.79 Å². The normalized spacial score (nSPS) is 17.8. The molecule has 2 aromatic rings. The number of rotatable bonds is 1. The van der Waals surface area contributed by atoms with E-state index in [0.717, 1.165) is 19.0 Å². The van der Waals surface area contributed by atoms with Gasteiger partial charge in [0.15, 0.2) is 11.6 Å². The van der Waals surface area contributed by atoms with Crippen molar-refractivity contribution in [1.29, 1.82) is 0 Å². The van der Waals surface area contributed by atoms with Crippen molar-refractivity contribution in [3.05, 3.63) is 33.6 Å². The average molecular weight is 322 g/mol. The first-order chi connectivity index (χ1) is 10.8. The smallest absolute Gasteiger partial charge is 0.341 e. The van der Waals surface area contributed by atoms with Crippen LogP contribution in [0.3, 0.4) is 0 Å². The number of carboxylic acid groups (broad SMARTS) is 1. The highest BCUT2D eigenvalue weighted by Gasteiger charge is 2.46. The minimum atomic E-state index is -1.44. The quantitative estimate of drug-likeness (QED) is 0.780. The Morgan fingerprint density at radius 2 is 2.04 bits per heavy atom. The highest BCUT2D eigenvalue weighted by Crippen LogP contribution is 2.50. The summed E-state index contributed by atoms with van der Waals surface area (Å²) in [5, 5.41) is 8.86. The molecule has 0 bridgehead atoms. The Morgan fingerprint density at radius 1 is 1.35 bits per heavy atom. The van der Waals surface area contributed by atoms with Gasteiger partial charge in [-0.15, -0.1) is 0 Å². The molecule has 1 aromatic carbocycles. The number of halogens is 2. The number of anilines is 1. The Kier molecular flexibility index (Phi) is 2.56. The number of aromatic nitrogens is 1. The van der Waals surface area contributed by atoms with Gasteiger partial charge in [-0.1, -0.05) is 0 Å². The number of aromatic carboxylic acids is 1. The van der Waals surface area contributed by atoms with E-state index >= 15 is 0 Å². The standard InChI is InChI=1S/C15H12F2N2O4/c16-8-9(17)13-11-7(10(8)18)12(20)6(14(21)22)3-19(11)4-15(1-2-15)5-23-13/h3H,1-2,4-5,18H2,(H,21,22). The molecule has 4 rings (SSSR count). The summed E-state index contributed by atoms with van der Waals surface area (Å²) in [7, 11) is 0. The van der Waals surface area contributed by atoms with Crippen LogP contribution in [0.4, 0.5) is 14.5 Å². The van der Waals surface area contributed by atoms with E-state index in [1.807, 2.05) is 0 Å². The summed E-state index contributed by atoms with van der Waals surface area (Å²) in [6.45, 7) is 0.544. The summed E-state index contributed by atoms with van der Waals surface area (Å²) in [5.74, 6) is -4.49. The number of hydrogen-bond acceptors (Lipinski definition) is 4. The lowest BCUT2D eigenvalue weighted by atomic mass is 10.1. The van der Waals surface area contributed by atoms with Gasteiger partial charge in [0, 0.05) is 18.2 Å². The second kappa shape index (κ2) is 4.21. The number of hydrogen-bond donors (Lipinski definition) is 2. The van der Waals surface area contributed by atoms with E-state index in [1.54, 1.807) is 0 Å². The first kappa shape index (κ1) is 14.0. The molecule has 2 heterocycles. The molecular weight excluding hydrogens is 310 g/mol. The predicted molar refractivity (Wildman–Crippen MR) is 76.7 cm³/mol. The fourth-order valence-electron chi connectivity index (χ4n) is 3.11. The number of nitrogens with two attached hydrogens (primary N) is 1. The third-order valence-electron chi connectivity index (χ3n) is 4.61. The largest absolute Gasteiger partial charge is 0.488 e. The van der Waals surface area contributed by atoms with Gasteiger partial charge >= 0.3 is 5.97 Å². The molecule has 2 aliphatic rings. The molecule has 0 radical (unpaired) electrons. The zero-order valence-corrected chi connectivity index (χ0v) is 11.9. The topological polar surface area (TPSA) is 94.5 Å². The fraction of sp³-hybridized carbons (Fsp3) is 0.333. The van der Waals surface area contributed by atoms with Gasteiger partial charge in [0.2, 0.25) is 11.2 Å². The summed E-state index contributed by atoms with van der Waals surface area (Å²) in [6, 6.07) is 0. The van der Waals surface area contributed by atoms with E-state index in [9.17, 15) is 23.5 Å². The van der Waals surface area contributed by atoms with E-state index in [0.29, 0.717) is 6.54 Å². The zero-order valence-electron chi connectivity index (χ0n) is 11.9. The third kappa shape index (κ3) is 1.77. The van der Waals surface area contributed by atoms with Crippen molar-refractivity contribution in [2.24, 2.45) is 5.41 Å². The Balaban J connectivity index is 2.20. The molecule has 120 valence electrons. The number of pyridine rings is 1. The average Bonchev–Trinajstić information content (AvgIpc) is 3.28. The molecule has 3 N–H and O–H groups in total. The van der Waals surface area contributed by atoms with Crippen molar-refractivity contribution >= 4 is 22.6 Å². The highest BCUT2D eigenvalue weighted by molar-refractivity contribution is 6.00. The van der Waals surface area contributed by atoms with Crippen LogP contribution in [-0.4, -0.2) is 22.2 Å². The van der Waals surface area contributed by atoms with Crippen molar-refractivity contribution < 1.29 is 23.4 Å². The van der Waals surface area contributed by atoms with Crippen LogP contribution >= 0.6 is 0 Å². The maximum atomic E-state index is 14.2. The van der Waals surface area contributed by atoms with Gasteiger partial charge in [-0.2, -0.15) is 4.39 Å². The molecule has 1 fully saturated rings. The summed E-state index contributed by atoms with van der Waals surface area (Å²) < 4.78 is 35.2. The van der Waals surface area contributed by atoms with E-state index < -0.39 is 34.3 Å². The summed E-state index contributed by atoms with van der Waals surface area (Å²) in [4.78, 5) is 23.7. The molecule has 0 atom stereocenters. The summed E-state index contributed by atoms with van der Waals surface area (Å²) in [6.07, 6.45) is 2.81. The first-order valence-corrected chi connectivity index (χ1v) is 7.04. The monoisotopic (exact) mass is 322 g/mol. The van der Waals surface area contributed by atoms with Crippen molar-refractivity contribution in [3.8, 4) is 5.75 Å². The van der Waals surface area contributed by atoms with E-state index in [4.69, 9.17) is 10.5 Å². The molecule has 1 aliphatic carbocycles. The fourth-order valence-corrected chi connectivity index (χ4v) is 3.11. The number of benzene rings is 1. The van der Waals surface area contributed by atoms with E-state index in [1.165, 1.54) is 4.57 Å². The number of carbonyl (C=O) groups is 1. The molecule has 1 aliphatic heterocycles. The second-order valence-electron chi connectivity index (χ2n) is 6.19. The summed E-state index contributed by atoms with van der Waals surface area (Å²) >= 11 is 0. The molecule has 23 heavy (non-hydrogen) atoms. The zero-order chi connectivity index (χ0) is 16.5. The SMILES string of the molecule is Nc1c(F)c(F)c2c3c1c(=O)c(C(=O)O)cn3CC1(CC1)CO2. The molecule has 1 spiro atoms. The van der Waals surface area contributed by atoms with Crippen LogP contribution in [0.25, 0.3) is 10.9 Å². The van der Waals surface area contributed by atoms with Gasteiger partial charge < -0.3 is 20.1 Å². The molecule has 1 saturated carbocycles. The number of carboxylic acids is 1. The lowest BCUT2D eigenvalue weighted by molar-refractivity contribution is 0.0694. The van der Waals surface area contributed by atoms with E-state index in [2.05, 4.69) is 0 Å². The number of nitrogen functional groups attached to an aromatic ring is 1. The van der Waals surface area contributed by atoms with Crippen molar-refractivity contribution in [1.82, 2.24) is 4.57 Å². The van der Waals surface area contributed by atoms with Crippen LogP contribution in [0.5, 0.6) is 5.75 Å². The van der Waals surface area contributed by atoms with Crippen LogP contribution in [0.1, 0.15) is 23.2 Å². The van der Waals surface area contributed by atoms with Gasteiger partial charge in [-0.25, -0.2) is 9.18 Å². The van der Waals surface area contributed by atoms with Crippen molar-refractivity contribution in [2.75, 3.05) is 12.3 Å². The molecule has 6 nitrogen and oxygen atoms in total. The minimum absolute atomic E-state index is 0.0141. The van der Waals surface area contributed by atoms with Crippen LogP contribution < -0.4 is 15.9 Å². The van der Waals surface area contributed by atoms with Gasteiger partial charge in [0.05, 0.1) is 17.7 Å². The Hall–Kier alpha value is -2.64. The van der Waals surface area contributed by atoms with Crippen LogP contribution in [-0.2, 0) is 6.54 Å². The van der Waals surface area contributed by atoms with Gasteiger partial charge in [-0.05, 0) is 12.8 Å². The number of nitrogens with zero attached hydrogens (tertiary/aromatic N) is 1. The van der Waals surface area contributed by atoms with Gasteiger partial charge in [0.1, 0.15) is 11.1 Å². The van der Waals surface area contributed by atoms with E-state index in [-0.39, 0.29) is 28.7 Å². The Bertz CT molecular complexity index is 947. The molecular formula is C15H12F2N2O4.